The molecule has 34 heavy (non-hydrogen) atoms. The van der Waals surface area contributed by atoms with Gasteiger partial charge in [-0.1, -0.05) is 36.5 Å². The number of carbonyl (C=O) groups is 1. The predicted molar refractivity (Wildman–Crippen MR) is 137 cm³/mol. The highest BCUT2D eigenvalue weighted by atomic mass is 32.2. The number of benzene rings is 1. The van der Waals surface area contributed by atoms with Crippen LogP contribution >= 0.6 is 34.9 Å². The van der Waals surface area contributed by atoms with E-state index < -0.39 is 0 Å². The average molecular weight is 516 g/mol. The van der Waals surface area contributed by atoms with E-state index in [2.05, 4.69) is 29.4 Å². The van der Waals surface area contributed by atoms with E-state index in [0.717, 1.165) is 33.9 Å². The van der Waals surface area contributed by atoms with Gasteiger partial charge in [-0.25, -0.2) is 9.38 Å². The van der Waals surface area contributed by atoms with Gasteiger partial charge in [0, 0.05) is 23.1 Å². The molecule has 0 spiro atoms. The number of ether oxygens (including phenoxy) is 2. The van der Waals surface area contributed by atoms with E-state index in [-0.39, 0.29) is 17.3 Å². The van der Waals surface area contributed by atoms with Crippen LogP contribution in [0.4, 0.5) is 5.69 Å². The summed E-state index contributed by atoms with van der Waals surface area (Å²) in [6.45, 7) is 4.91. The minimum Gasteiger partial charge on any atom is -0.497 e. The van der Waals surface area contributed by atoms with Gasteiger partial charge in [0.05, 0.1) is 30.5 Å². The van der Waals surface area contributed by atoms with E-state index in [1.54, 1.807) is 36.3 Å². The van der Waals surface area contributed by atoms with E-state index in [9.17, 15) is 4.79 Å². The largest absolute Gasteiger partial charge is 0.497 e. The topological polar surface area (TPSA) is 90.6 Å². The van der Waals surface area contributed by atoms with Crippen LogP contribution in [-0.2, 0) is 22.6 Å². The van der Waals surface area contributed by atoms with Gasteiger partial charge >= 0.3 is 0 Å². The summed E-state index contributed by atoms with van der Waals surface area (Å²) in [4.78, 5) is 19.7. The van der Waals surface area contributed by atoms with E-state index in [1.165, 1.54) is 22.2 Å². The number of rotatable bonds is 7. The Morgan fingerprint density at radius 1 is 1.35 bits per heavy atom. The van der Waals surface area contributed by atoms with Crippen LogP contribution in [0.15, 0.2) is 34.6 Å². The van der Waals surface area contributed by atoms with Gasteiger partial charge in [0.2, 0.25) is 5.91 Å². The second-order valence-electron chi connectivity index (χ2n) is 8.26. The molecule has 0 fully saturated rings. The summed E-state index contributed by atoms with van der Waals surface area (Å²) in [6.07, 6.45) is 3.75. The number of amides is 1. The third-order valence-corrected chi connectivity index (χ3v) is 8.70. The summed E-state index contributed by atoms with van der Waals surface area (Å²) in [5, 5.41) is 14.4. The second-order valence-corrected chi connectivity index (χ2v) is 11.1. The highest BCUT2D eigenvalue weighted by molar-refractivity contribution is 8.00. The molecule has 1 aliphatic heterocycles. The van der Waals surface area contributed by atoms with Crippen molar-refractivity contribution >= 4 is 62.3 Å². The summed E-state index contributed by atoms with van der Waals surface area (Å²) >= 11 is 4.57. The molecular weight excluding hydrogens is 490 g/mol. The lowest BCUT2D eigenvalue weighted by Gasteiger charge is -2.32. The van der Waals surface area contributed by atoms with Crippen LogP contribution in [0, 0.1) is 0 Å². The number of carbonyl (C=O) groups excluding carboxylic acids is 1. The number of thioether (sulfide) groups is 2. The van der Waals surface area contributed by atoms with Crippen molar-refractivity contribution in [2.45, 2.75) is 49.2 Å². The first-order valence-corrected chi connectivity index (χ1v) is 13.9. The third kappa shape index (κ3) is 4.26. The summed E-state index contributed by atoms with van der Waals surface area (Å²) < 4.78 is 13.3. The summed E-state index contributed by atoms with van der Waals surface area (Å²) in [6, 6.07) is 7.29. The van der Waals surface area contributed by atoms with Crippen LogP contribution in [0.1, 0.15) is 30.7 Å². The number of aromatic nitrogens is 4. The van der Waals surface area contributed by atoms with Crippen molar-refractivity contribution in [3.05, 3.63) is 34.7 Å². The standard InChI is InChI=1S/C23H25N5O3S3/c1-5-23(2)10-15-16(11-31-23)34-20-18(15)19-26-27-22(28(19)21(25-20)32-4)33-12-17(29)24-13-7-6-8-14(9-13)30-3/h6-9H,5,10-12H2,1-4H3,(H,24,29)/t23-/m1/s1. The monoisotopic (exact) mass is 515 g/mol. The Bertz CT molecular complexity index is 1390. The smallest absolute Gasteiger partial charge is 0.234 e. The molecule has 0 aliphatic carbocycles. The van der Waals surface area contributed by atoms with Gasteiger partial charge in [-0.05, 0) is 37.3 Å². The Balaban J connectivity index is 1.45. The van der Waals surface area contributed by atoms with Crippen LogP contribution in [0.2, 0.25) is 0 Å². The molecule has 11 heteroatoms. The SMILES string of the molecule is CC[C@]1(C)Cc2c(sc3nc(SC)n4c(SCC(=O)Nc5cccc(OC)c5)nnc4c23)CO1. The summed E-state index contributed by atoms with van der Waals surface area (Å²) in [5.41, 5.74) is 2.56. The third-order valence-electron chi connectivity index (χ3n) is 6.04. The normalized spacial score (nSPS) is 17.8. The number of hydrogen-bond acceptors (Lipinski definition) is 9. The molecule has 0 saturated carbocycles. The van der Waals surface area contributed by atoms with Gasteiger partial charge in [0.15, 0.2) is 16.0 Å². The molecule has 1 aromatic carbocycles. The highest BCUT2D eigenvalue weighted by Gasteiger charge is 2.33. The second kappa shape index (κ2) is 9.37. The van der Waals surface area contributed by atoms with Crippen molar-refractivity contribution in [2.75, 3.05) is 24.4 Å². The number of thiophene rings is 1. The molecular formula is C23H25N5O3S3. The van der Waals surface area contributed by atoms with E-state index in [0.29, 0.717) is 23.2 Å². The predicted octanol–water partition coefficient (Wildman–Crippen LogP) is 5.04. The van der Waals surface area contributed by atoms with Crippen molar-refractivity contribution in [3.63, 3.8) is 0 Å². The van der Waals surface area contributed by atoms with Gasteiger partial charge < -0.3 is 14.8 Å². The Morgan fingerprint density at radius 2 is 2.21 bits per heavy atom. The zero-order valence-corrected chi connectivity index (χ0v) is 21.8. The fourth-order valence-electron chi connectivity index (χ4n) is 4.00. The molecule has 0 radical (unpaired) electrons. The quantitative estimate of drug-likeness (QED) is 0.270. The van der Waals surface area contributed by atoms with E-state index >= 15 is 0 Å². The summed E-state index contributed by atoms with van der Waals surface area (Å²) in [7, 11) is 1.60. The average Bonchev–Trinajstić information content (AvgIpc) is 3.43. The maximum Gasteiger partial charge on any atom is 0.234 e. The molecule has 0 saturated heterocycles. The van der Waals surface area contributed by atoms with Crippen molar-refractivity contribution in [3.8, 4) is 5.75 Å². The number of methoxy groups -OCH3 is 1. The fourth-order valence-corrected chi connectivity index (χ4v) is 6.49. The maximum absolute atomic E-state index is 12.6. The molecule has 0 unspecified atom stereocenters. The highest BCUT2D eigenvalue weighted by Crippen LogP contribution is 2.42. The van der Waals surface area contributed by atoms with Gasteiger partial charge in [0.1, 0.15) is 10.6 Å². The Labute approximate surface area is 209 Å². The van der Waals surface area contributed by atoms with Gasteiger partial charge in [-0.3, -0.25) is 4.79 Å². The first kappa shape index (κ1) is 23.4. The number of nitrogens with zero attached hydrogens (tertiary/aromatic N) is 4. The van der Waals surface area contributed by atoms with Crippen molar-refractivity contribution in [1.29, 1.82) is 0 Å². The molecule has 1 N–H and O–H groups in total. The Kier molecular flexibility index (Phi) is 6.45. The van der Waals surface area contributed by atoms with Crippen LogP contribution in [0.25, 0.3) is 15.9 Å². The van der Waals surface area contributed by atoms with Crippen LogP contribution in [0.5, 0.6) is 5.75 Å². The van der Waals surface area contributed by atoms with Crippen LogP contribution in [-0.4, -0.2) is 50.2 Å². The lowest BCUT2D eigenvalue weighted by Crippen LogP contribution is -2.33. The van der Waals surface area contributed by atoms with Gasteiger partial charge in [-0.2, -0.15) is 0 Å². The van der Waals surface area contributed by atoms with Crippen molar-refractivity contribution in [1.82, 2.24) is 19.6 Å². The molecule has 4 heterocycles. The molecule has 0 bridgehead atoms. The van der Waals surface area contributed by atoms with Crippen LogP contribution < -0.4 is 10.1 Å². The number of nitrogens with one attached hydrogen (secondary N) is 1. The molecule has 178 valence electrons. The lowest BCUT2D eigenvalue weighted by atomic mass is 9.90. The molecule has 5 rings (SSSR count). The number of hydrogen-bond donors (Lipinski definition) is 1. The molecule has 8 nitrogen and oxygen atoms in total. The zero-order chi connectivity index (χ0) is 23.9. The fraction of sp³-hybridized carbons (Fsp3) is 0.391. The zero-order valence-electron chi connectivity index (χ0n) is 19.4. The maximum atomic E-state index is 12.6. The summed E-state index contributed by atoms with van der Waals surface area (Å²) in [5.74, 6) is 0.767. The van der Waals surface area contributed by atoms with Crippen molar-refractivity contribution in [2.24, 2.45) is 0 Å². The molecule has 1 aliphatic rings. The van der Waals surface area contributed by atoms with Crippen molar-refractivity contribution < 1.29 is 14.3 Å². The van der Waals surface area contributed by atoms with Gasteiger partial charge in [-0.15, -0.1) is 21.5 Å². The Morgan fingerprint density at radius 3 is 2.97 bits per heavy atom. The molecule has 1 amide bonds. The minimum absolute atomic E-state index is 0.126. The lowest BCUT2D eigenvalue weighted by molar-refractivity contribution is -0.113. The number of anilines is 1. The molecule has 4 aromatic rings. The molecule has 1 atom stereocenters. The number of fused-ring (bicyclic) bond motifs is 5. The first-order chi connectivity index (χ1) is 16.4. The first-order valence-electron chi connectivity index (χ1n) is 10.9. The van der Waals surface area contributed by atoms with E-state index in [1.807, 2.05) is 28.9 Å². The van der Waals surface area contributed by atoms with Crippen LogP contribution in [0.3, 0.4) is 0 Å². The Hall–Kier alpha value is -2.34. The minimum atomic E-state index is -0.189. The molecule has 3 aromatic heterocycles. The van der Waals surface area contributed by atoms with Gasteiger partial charge in [0.25, 0.3) is 0 Å². The van der Waals surface area contributed by atoms with E-state index in [4.69, 9.17) is 14.5 Å².